The molecule has 0 bridgehead atoms. The van der Waals surface area contributed by atoms with Crippen molar-refractivity contribution in [2.45, 2.75) is 44.6 Å². The molecule has 118 valence electrons. The largest absolute Gasteiger partial charge is 0.369 e. The zero-order valence-corrected chi connectivity index (χ0v) is 12.3. The minimum atomic E-state index is -0.390. The van der Waals surface area contributed by atoms with Crippen LogP contribution in [0.5, 0.6) is 0 Å². The molecule has 2 fully saturated rings. The van der Waals surface area contributed by atoms with Crippen LogP contribution in [0, 0.1) is 5.92 Å². The highest BCUT2D eigenvalue weighted by atomic mass is 16.2. The Balaban J connectivity index is 1.65. The van der Waals surface area contributed by atoms with E-state index in [2.05, 4.69) is 10.6 Å². The second kappa shape index (κ2) is 7.40. The van der Waals surface area contributed by atoms with Crippen LogP contribution in [0.3, 0.4) is 0 Å². The monoisotopic (exact) mass is 297 g/mol. The molecule has 0 unspecified atom stereocenters. The number of urea groups is 1. The van der Waals surface area contributed by atoms with Crippen molar-refractivity contribution < 1.29 is 19.3 Å². The lowest BCUT2D eigenvalue weighted by atomic mass is 9.96. The summed E-state index contributed by atoms with van der Waals surface area (Å²) in [4.78, 5) is 35.7. The first kappa shape index (κ1) is 15.8. The topological polar surface area (TPSA) is 106 Å². The third-order valence-electron chi connectivity index (χ3n) is 4.45. The maximum Gasteiger partial charge on any atom is 0.321 e. The number of rotatable bonds is 4. The highest BCUT2D eigenvalue weighted by Gasteiger charge is 2.27. The molecule has 0 radical (unpaired) electrons. The van der Waals surface area contributed by atoms with Crippen LogP contribution in [0.15, 0.2) is 0 Å². The average molecular weight is 297 g/mol. The second-order valence-electron chi connectivity index (χ2n) is 6.11. The van der Waals surface area contributed by atoms with Gasteiger partial charge in [0.05, 0.1) is 13.1 Å². The summed E-state index contributed by atoms with van der Waals surface area (Å²) in [7, 11) is 0. The molecule has 0 atom stereocenters. The van der Waals surface area contributed by atoms with Gasteiger partial charge in [0, 0.05) is 24.8 Å². The Morgan fingerprint density at radius 1 is 1.05 bits per heavy atom. The molecule has 0 aromatic carbocycles. The van der Waals surface area contributed by atoms with Gasteiger partial charge >= 0.3 is 6.03 Å². The molecule has 1 heterocycles. The SMILES string of the molecule is NC(=O)C1CC[NH+](CC(=O)NC(=O)NC2CCCC2)CC1. The van der Waals surface area contributed by atoms with Gasteiger partial charge in [-0.15, -0.1) is 0 Å². The van der Waals surface area contributed by atoms with Gasteiger partial charge < -0.3 is 16.0 Å². The van der Waals surface area contributed by atoms with Crippen molar-refractivity contribution in [3.05, 3.63) is 0 Å². The summed E-state index contributed by atoms with van der Waals surface area (Å²) in [5, 5.41) is 5.21. The zero-order chi connectivity index (χ0) is 15.2. The lowest BCUT2D eigenvalue weighted by Gasteiger charge is -2.27. The Kier molecular flexibility index (Phi) is 5.55. The van der Waals surface area contributed by atoms with Crippen molar-refractivity contribution in [1.29, 1.82) is 0 Å². The molecule has 21 heavy (non-hydrogen) atoms. The summed E-state index contributed by atoms with van der Waals surface area (Å²) in [5.74, 6) is -0.588. The normalized spacial score (nSPS) is 26.3. The van der Waals surface area contributed by atoms with E-state index in [1.54, 1.807) is 0 Å². The first-order valence-corrected chi connectivity index (χ1v) is 7.78. The van der Waals surface area contributed by atoms with Gasteiger partial charge in [0.1, 0.15) is 0 Å². The van der Waals surface area contributed by atoms with Crippen molar-refractivity contribution in [1.82, 2.24) is 10.6 Å². The van der Waals surface area contributed by atoms with Crippen molar-refractivity contribution in [2.75, 3.05) is 19.6 Å². The molecular formula is C14H25N4O3+. The standard InChI is InChI=1S/C14H24N4O3/c15-13(20)10-5-7-18(8-6-10)9-12(19)17-14(21)16-11-3-1-2-4-11/h10-11H,1-9H2,(H2,15,20)(H2,16,17,19,21)/p+1. The van der Waals surface area contributed by atoms with Crippen molar-refractivity contribution in [2.24, 2.45) is 11.7 Å². The summed E-state index contributed by atoms with van der Waals surface area (Å²) < 4.78 is 0. The number of piperidine rings is 1. The lowest BCUT2D eigenvalue weighted by molar-refractivity contribution is -0.897. The third kappa shape index (κ3) is 5.00. The number of amides is 4. The van der Waals surface area contributed by atoms with Crippen molar-refractivity contribution in [3.63, 3.8) is 0 Å². The first-order chi connectivity index (χ1) is 10.0. The molecule has 0 aromatic heterocycles. The molecule has 4 amide bonds. The molecule has 1 aliphatic heterocycles. The van der Waals surface area contributed by atoms with E-state index in [-0.39, 0.29) is 30.3 Å². The van der Waals surface area contributed by atoms with E-state index >= 15 is 0 Å². The Morgan fingerprint density at radius 2 is 1.67 bits per heavy atom. The smallest absolute Gasteiger partial charge is 0.321 e. The fourth-order valence-electron chi connectivity index (χ4n) is 3.18. The molecular weight excluding hydrogens is 272 g/mol. The van der Waals surface area contributed by atoms with Crippen molar-refractivity contribution >= 4 is 17.8 Å². The van der Waals surface area contributed by atoms with Crippen LogP contribution in [-0.2, 0) is 9.59 Å². The molecule has 1 aliphatic carbocycles. The number of nitrogens with one attached hydrogen (secondary N) is 3. The molecule has 5 N–H and O–H groups in total. The number of primary amides is 1. The maximum absolute atomic E-state index is 11.8. The van der Waals surface area contributed by atoms with E-state index in [4.69, 9.17) is 5.73 Å². The fourth-order valence-corrected chi connectivity index (χ4v) is 3.18. The van der Waals surface area contributed by atoms with Gasteiger partial charge in [0.15, 0.2) is 6.54 Å². The van der Waals surface area contributed by atoms with Crippen LogP contribution in [0.25, 0.3) is 0 Å². The van der Waals surface area contributed by atoms with E-state index in [0.717, 1.165) is 43.7 Å². The number of carbonyl (C=O) groups excluding carboxylic acids is 3. The predicted molar refractivity (Wildman–Crippen MR) is 76.4 cm³/mol. The molecule has 2 rings (SSSR count). The number of quaternary nitrogens is 1. The van der Waals surface area contributed by atoms with E-state index < -0.39 is 6.03 Å². The fraction of sp³-hybridized carbons (Fsp3) is 0.786. The van der Waals surface area contributed by atoms with Gasteiger partial charge in [-0.25, -0.2) is 4.79 Å². The molecule has 0 spiro atoms. The van der Waals surface area contributed by atoms with E-state index in [0.29, 0.717) is 12.8 Å². The Morgan fingerprint density at radius 3 is 2.24 bits per heavy atom. The van der Waals surface area contributed by atoms with Gasteiger partial charge in [-0.05, 0) is 12.8 Å². The molecule has 7 heteroatoms. The predicted octanol–water partition coefficient (Wildman–Crippen LogP) is -1.46. The van der Waals surface area contributed by atoms with E-state index in [9.17, 15) is 14.4 Å². The highest BCUT2D eigenvalue weighted by Crippen LogP contribution is 2.17. The quantitative estimate of drug-likeness (QED) is 0.509. The molecule has 1 saturated carbocycles. The molecule has 2 aliphatic rings. The zero-order valence-electron chi connectivity index (χ0n) is 12.3. The minimum absolute atomic E-state index is 0.0672. The lowest BCUT2D eigenvalue weighted by Crippen LogP contribution is -3.14. The Bertz CT molecular complexity index is 399. The third-order valence-corrected chi connectivity index (χ3v) is 4.45. The van der Waals surface area contributed by atoms with Gasteiger partial charge in [0.25, 0.3) is 5.91 Å². The summed E-state index contributed by atoms with van der Waals surface area (Å²) in [5.41, 5.74) is 5.28. The average Bonchev–Trinajstić information content (AvgIpc) is 2.91. The number of carbonyl (C=O) groups is 3. The summed E-state index contributed by atoms with van der Waals surface area (Å²) in [6.07, 6.45) is 5.69. The summed E-state index contributed by atoms with van der Waals surface area (Å²) in [6.45, 7) is 1.75. The van der Waals surface area contributed by atoms with Crippen LogP contribution in [0.1, 0.15) is 38.5 Å². The van der Waals surface area contributed by atoms with Crippen LogP contribution in [0.4, 0.5) is 4.79 Å². The van der Waals surface area contributed by atoms with Gasteiger partial charge in [-0.1, -0.05) is 12.8 Å². The summed E-state index contributed by atoms with van der Waals surface area (Å²) >= 11 is 0. The number of hydrogen-bond donors (Lipinski definition) is 4. The number of imide groups is 1. The molecule has 7 nitrogen and oxygen atoms in total. The van der Waals surface area contributed by atoms with Crippen LogP contribution >= 0.6 is 0 Å². The maximum atomic E-state index is 11.8. The Labute approximate surface area is 124 Å². The molecule has 0 aromatic rings. The van der Waals surface area contributed by atoms with Gasteiger partial charge in [0.2, 0.25) is 5.91 Å². The van der Waals surface area contributed by atoms with Crippen LogP contribution < -0.4 is 21.3 Å². The number of likely N-dealkylation sites (tertiary alicyclic amines) is 1. The second-order valence-corrected chi connectivity index (χ2v) is 6.11. The van der Waals surface area contributed by atoms with Crippen LogP contribution in [-0.4, -0.2) is 43.5 Å². The van der Waals surface area contributed by atoms with Crippen molar-refractivity contribution in [3.8, 4) is 0 Å². The summed E-state index contributed by atoms with van der Waals surface area (Å²) in [6, 6.07) is -0.185. The van der Waals surface area contributed by atoms with Gasteiger partial charge in [-0.3, -0.25) is 14.9 Å². The Hall–Kier alpha value is -1.63. The minimum Gasteiger partial charge on any atom is -0.369 e. The van der Waals surface area contributed by atoms with E-state index in [1.807, 2.05) is 0 Å². The number of nitrogens with two attached hydrogens (primary N) is 1. The first-order valence-electron chi connectivity index (χ1n) is 7.78. The number of hydrogen-bond acceptors (Lipinski definition) is 3. The molecule has 1 saturated heterocycles. The van der Waals surface area contributed by atoms with E-state index in [1.165, 1.54) is 0 Å². The van der Waals surface area contributed by atoms with Crippen LogP contribution in [0.2, 0.25) is 0 Å². The highest BCUT2D eigenvalue weighted by molar-refractivity contribution is 5.94. The van der Waals surface area contributed by atoms with Gasteiger partial charge in [-0.2, -0.15) is 0 Å².